The molecule has 3 rings (SSSR count). The number of aromatic nitrogens is 3. The first-order valence-corrected chi connectivity index (χ1v) is 7.38. The number of carbonyl (C=O) groups excluding carboxylic acids is 1. The zero-order chi connectivity index (χ0) is 15.4. The molecule has 0 atom stereocenters. The summed E-state index contributed by atoms with van der Waals surface area (Å²) < 4.78 is 2.45. The molecule has 1 amide bonds. The average Bonchev–Trinajstić information content (AvgIpc) is 2.92. The number of amides is 1. The van der Waals surface area contributed by atoms with E-state index in [2.05, 4.69) is 36.8 Å². The van der Waals surface area contributed by atoms with E-state index in [1.165, 1.54) is 0 Å². The quantitative estimate of drug-likeness (QED) is 0.575. The van der Waals surface area contributed by atoms with Crippen LogP contribution in [0.25, 0.3) is 11.0 Å². The van der Waals surface area contributed by atoms with E-state index in [0.29, 0.717) is 0 Å². The number of fused-ring (bicyclic) bond motifs is 1. The highest BCUT2D eigenvalue weighted by molar-refractivity contribution is 9.10. The SMILES string of the molecule is O=C(Cn1nnc2ccccc21)NN=Cc1ccccc1Br. The predicted molar refractivity (Wildman–Crippen MR) is 87.4 cm³/mol. The lowest BCUT2D eigenvalue weighted by Gasteiger charge is -2.01. The van der Waals surface area contributed by atoms with Gasteiger partial charge in [-0.25, -0.2) is 10.1 Å². The Morgan fingerprint density at radius 3 is 2.86 bits per heavy atom. The highest BCUT2D eigenvalue weighted by Gasteiger charge is 2.07. The third-order valence-electron chi connectivity index (χ3n) is 3.01. The van der Waals surface area contributed by atoms with Crippen LogP contribution in [0.2, 0.25) is 0 Å². The van der Waals surface area contributed by atoms with Gasteiger partial charge in [-0.05, 0) is 18.2 Å². The molecule has 6 nitrogen and oxygen atoms in total. The molecule has 0 aliphatic carbocycles. The zero-order valence-corrected chi connectivity index (χ0v) is 13.1. The van der Waals surface area contributed by atoms with Crippen LogP contribution in [0.1, 0.15) is 5.56 Å². The Hall–Kier alpha value is -2.54. The van der Waals surface area contributed by atoms with Crippen molar-refractivity contribution in [2.45, 2.75) is 6.54 Å². The van der Waals surface area contributed by atoms with Crippen molar-refractivity contribution in [2.24, 2.45) is 5.10 Å². The summed E-state index contributed by atoms with van der Waals surface area (Å²) in [6, 6.07) is 15.1. The minimum absolute atomic E-state index is 0.0633. The van der Waals surface area contributed by atoms with Gasteiger partial charge in [0.25, 0.3) is 5.91 Å². The number of benzene rings is 2. The number of rotatable bonds is 4. The molecule has 22 heavy (non-hydrogen) atoms. The number of hydrazone groups is 1. The second-order valence-electron chi connectivity index (χ2n) is 4.55. The molecule has 2 aromatic carbocycles. The van der Waals surface area contributed by atoms with Crippen molar-refractivity contribution in [2.75, 3.05) is 0 Å². The Morgan fingerprint density at radius 2 is 2.00 bits per heavy atom. The van der Waals surface area contributed by atoms with E-state index in [1.54, 1.807) is 10.9 Å². The maximum atomic E-state index is 11.9. The van der Waals surface area contributed by atoms with Gasteiger partial charge in [0, 0.05) is 10.0 Å². The summed E-state index contributed by atoms with van der Waals surface area (Å²) in [5.41, 5.74) is 4.93. The zero-order valence-electron chi connectivity index (χ0n) is 11.5. The number of halogens is 1. The summed E-state index contributed by atoms with van der Waals surface area (Å²) in [7, 11) is 0. The number of nitrogens with one attached hydrogen (secondary N) is 1. The molecule has 0 fully saturated rings. The molecule has 0 aliphatic rings. The number of carbonyl (C=O) groups is 1. The van der Waals surface area contributed by atoms with Crippen LogP contribution in [0.4, 0.5) is 0 Å². The first-order valence-electron chi connectivity index (χ1n) is 6.59. The van der Waals surface area contributed by atoms with Crippen molar-refractivity contribution in [1.29, 1.82) is 0 Å². The third kappa shape index (κ3) is 3.20. The molecule has 0 unspecified atom stereocenters. The summed E-state index contributed by atoms with van der Waals surface area (Å²) >= 11 is 3.41. The van der Waals surface area contributed by atoms with Gasteiger partial charge in [-0.2, -0.15) is 5.10 Å². The number of hydrogen-bond donors (Lipinski definition) is 1. The van der Waals surface area contributed by atoms with Crippen LogP contribution in [0.5, 0.6) is 0 Å². The van der Waals surface area contributed by atoms with Gasteiger partial charge in [0.05, 0.1) is 11.7 Å². The molecule has 0 spiro atoms. The van der Waals surface area contributed by atoms with Crippen LogP contribution < -0.4 is 5.43 Å². The summed E-state index contributed by atoms with van der Waals surface area (Å²) in [5, 5.41) is 11.9. The topological polar surface area (TPSA) is 72.2 Å². The van der Waals surface area contributed by atoms with Crippen LogP contribution in [0, 0.1) is 0 Å². The second-order valence-corrected chi connectivity index (χ2v) is 5.40. The van der Waals surface area contributed by atoms with Crippen LogP contribution >= 0.6 is 15.9 Å². The van der Waals surface area contributed by atoms with Crippen LogP contribution in [0.15, 0.2) is 58.1 Å². The minimum atomic E-state index is -0.265. The molecular weight excluding hydrogens is 346 g/mol. The Kier molecular flexibility index (Phi) is 4.24. The monoisotopic (exact) mass is 357 g/mol. The molecule has 1 heterocycles. The van der Waals surface area contributed by atoms with Gasteiger partial charge in [-0.15, -0.1) is 5.10 Å². The van der Waals surface area contributed by atoms with E-state index in [-0.39, 0.29) is 12.5 Å². The molecule has 0 radical (unpaired) electrons. The summed E-state index contributed by atoms with van der Waals surface area (Å²) in [5.74, 6) is -0.265. The first-order chi connectivity index (χ1) is 10.7. The summed E-state index contributed by atoms with van der Waals surface area (Å²) in [4.78, 5) is 11.9. The van der Waals surface area contributed by atoms with Crippen LogP contribution in [0.3, 0.4) is 0 Å². The molecule has 0 aliphatic heterocycles. The molecule has 0 saturated heterocycles. The number of nitrogens with zero attached hydrogens (tertiary/aromatic N) is 4. The second kappa shape index (κ2) is 6.48. The molecule has 110 valence electrons. The van der Waals surface area contributed by atoms with E-state index < -0.39 is 0 Å². The Labute approximate surface area is 135 Å². The lowest BCUT2D eigenvalue weighted by Crippen LogP contribution is -2.23. The number of hydrogen-bond acceptors (Lipinski definition) is 4. The van der Waals surface area contributed by atoms with Gasteiger partial charge in [0.2, 0.25) is 0 Å². The van der Waals surface area contributed by atoms with Gasteiger partial charge in [0.15, 0.2) is 0 Å². The van der Waals surface area contributed by atoms with Gasteiger partial charge >= 0.3 is 0 Å². The largest absolute Gasteiger partial charge is 0.271 e. The maximum absolute atomic E-state index is 11.9. The molecule has 7 heteroatoms. The average molecular weight is 358 g/mol. The Morgan fingerprint density at radius 1 is 1.23 bits per heavy atom. The van der Waals surface area contributed by atoms with Crippen LogP contribution in [-0.2, 0) is 11.3 Å². The predicted octanol–water partition coefficient (Wildman–Crippen LogP) is 2.34. The lowest BCUT2D eigenvalue weighted by atomic mass is 10.2. The van der Waals surface area contributed by atoms with Crippen LogP contribution in [-0.4, -0.2) is 27.1 Å². The third-order valence-corrected chi connectivity index (χ3v) is 3.73. The van der Waals surface area contributed by atoms with E-state index in [1.807, 2.05) is 48.5 Å². The molecule has 3 aromatic rings. The van der Waals surface area contributed by atoms with Gasteiger partial charge in [-0.3, -0.25) is 4.79 Å². The lowest BCUT2D eigenvalue weighted by molar-refractivity contribution is -0.121. The first kappa shape index (κ1) is 14.4. The van der Waals surface area contributed by atoms with Gasteiger partial charge in [-0.1, -0.05) is 51.5 Å². The highest BCUT2D eigenvalue weighted by Crippen LogP contribution is 2.13. The fraction of sp³-hybridized carbons (Fsp3) is 0.0667. The number of para-hydroxylation sites is 1. The Bertz CT molecular complexity index is 843. The minimum Gasteiger partial charge on any atom is -0.271 e. The van der Waals surface area contributed by atoms with Crippen molar-refractivity contribution in [3.8, 4) is 0 Å². The maximum Gasteiger partial charge on any atom is 0.261 e. The molecular formula is C15H12BrN5O. The van der Waals surface area contributed by atoms with Crippen molar-refractivity contribution in [3.63, 3.8) is 0 Å². The molecule has 0 saturated carbocycles. The Balaban J connectivity index is 1.65. The molecule has 0 bridgehead atoms. The van der Waals surface area contributed by atoms with E-state index >= 15 is 0 Å². The van der Waals surface area contributed by atoms with Crippen molar-refractivity contribution in [3.05, 3.63) is 58.6 Å². The molecule has 1 aromatic heterocycles. The smallest absolute Gasteiger partial charge is 0.261 e. The van der Waals surface area contributed by atoms with E-state index in [9.17, 15) is 4.79 Å². The van der Waals surface area contributed by atoms with E-state index in [4.69, 9.17) is 0 Å². The summed E-state index contributed by atoms with van der Waals surface area (Å²) in [6.45, 7) is 0.0633. The van der Waals surface area contributed by atoms with E-state index in [0.717, 1.165) is 21.1 Å². The van der Waals surface area contributed by atoms with Crippen molar-refractivity contribution >= 4 is 39.1 Å². The molecule has 1 N–H and O–H groups in total. The summed E-state index contributed by atoms with van der Waals surface area (Å²) in [6.07, 6.45) is 1.58. The van der Waals surface area contributed by atoms with Crippen molar-refractivity contribution < 1.29 is 4.79 Å². The fourth-order valence-corrected chi connectivity index (χ4v) is 2.35. The van der Waals surface area contributed by atoms with Gasteiger partial charge < -0.3 is 0 Å². The van der Waals surface area contributed by atoms with Crippen molar-refractivity contribution in [1.82, 2.24) is 20.4 Å². The normalized spacial score (nSPS) is 11.1. The standard InChI is InChI=1S/C15H12BrN5O/c16-12-6-2-1-5-11(12)9-17-19-15(22)10-21-14-8-4-3-7-13(14)18-20-21/h1-9H,10H2,(H,19,22). The fourth-order valence-electron chi connectivity index (χ4n) is 1.96. The van der Waals surface area contributed by atoms with Gasteiger partial charge in [0.1, 0.15) is 12.1 Å². The highest BCUT2D eigenvalue weighted by atomic mass is 79.9.